The summed E-state index contributed by atoms with van der Waals surface area (Å²) >= 11 is 0. The Hall–Kier alpha value is -2.19. The van der Waals surface area contributed by atoms with Gasteiger partial charge in [-0.3, -0.25) is 4.79 Å². The fourth-order valence-corrected chi connectivity index (χ4v) is 1.18. The van der Waals surface area contributed by atoms with Crippen LogP contribution < -0.4 is 10.8 Å². The molecule has 0 unspecified atom stereocenters. The molecule has 0 aliphatic heterocycles. The number of nitrogens with zero attached hydrogens (tertiary/aromatic N) is 4. The number of aromatic nitrogens is 4. The molecule has 2 aromatic heterocycles. The Morgan fingerprint density at radius 1 is 1.47 bits per heavy atom. The van der Waals surface area contributed by atoms with Crippen LogP contribution in [0.25, 0.3) is 11.5 Å². The summed E-state index contributed by atoms with van der Waals surface area (Å²) in [5, 5.41) is 11.9. The molecule has 0 fully saturated rings. The molecule has 6 nitrogen and oxygen atoms in total. The highest BCUT2D eigenvalue weighted by Gasteiger charge is 2.36. The maximum atomic E-state index is 12.3. The van der Waals surface area contributed by atoms with Gasteiger partial charge in [0, 0.05) is 6.20 Å². The van der Waals surface area contributed by atoms with Crippen LogP contribution in [0.2, 0.25) is 0 Å². The van der Waals surface area contributed by atoms with Gasteiger partial charge in [0.15, 0.2) is 0 Å². The molecule has 0 atom stereocenters. The van der Waals surface area contributed by atoms with Gasteiger partial charge in [-0.2, -0.15) is 22.7 Å². The first kappa shape index (κ1) is 11.3. The van der Waals surface area contributed by atoms with Crippen LogP contribution in [0.5, 0.6) is 0 Å². The second-order valence-electron chi connectivity index (χ2n) is 3.21. The van der Waals surface area contributed by atoms with E-state index in [2.05, 4.69) is 15.1 Å². The van der Waals surface area contributed by atoms with Crippen LogP contribution in [0.1, 0.15) is 12.7 Å². The van der Waals surface area contributed by atoms with E-state index in [0.717, 1.165) is 6.20 Å². The summed E-state index contributed by atoms with van der Waals surface area (Å²) in [6, 6.07) is 0. The molecule has 0 saturated carbocycles. The number of aliphatic hydroxyl groups excluding tert-OH is 1. The van der Waals surface area contributed by atoms with E-state index in [4.69, 9.17) is 5.11 Å². The fourth-order valence-electron chi connectivity index (χ4n) is 1.18. The zero-order valence-electron chi connectivity index (χ0n) is 8.36. The molecule has 0 amide bonds. The Bertz CT molecular complexity index is 687. The molecule has 17 heavy (non-hydrogen) atoms. The maximum Gasteiger partial charge on any atom is 0.453 e. The Labute approximate surface area is 91.0 Å². The second kappa shape index (κ2) is 3.40. The molecular weight excluding hydrogens is 241 g/mol. The van der Waals surface area contributed by atoms with Gasteiger partial charge in [-0.15, -0.1) is 5.10 Å². The van der Waals surface area contributed by atoms with E-state index in [9.17, 15) is 18.0 Å². The van der Waals surface area contributed by atoms with Crippen LogP contribution in [-0.4, -0.2) is 24.7 Å². The van der Waals surface area contributed by atoms with E-state index >= 15 is 0 Å². The molecule has 1 N–H and O–H groups in total. The van der Waals surface area contributed by atoms with Gasteiger partial charge >= 0.3 is 6.18 Å². The lowest BCUT2D eigenvalue weighted by atomic mass is 10.4. The van der Waals surface area contributed by atoms with Crippen molar-refractivity contribution in [3.05, 3.63) is 27.6 Å². The smallest absolute Gasteiger partial charge is 0.453 e. The zero-order valence-corrected chi connectivity index (χ0v) is 8.36. The molecule has 90 valence electrons. The maximum absolute atomic E-state index is 12.3. The summed E-state index contributed by atoms with van der Waals surface area (Å²) < 4.78 is 37.3. The summed E-state index contributed by atoms with van der Waals surface area (Å²) in [5.41, 5.74) is -0.905. The number of halogens is 3. The lowest BCUT2D eigenvalue weighted by Crippen LogP contribution is -2.33. The third-order valence-electron chi connectivity index (χ3n) is 1.97. The van der Waals surface area contributed by atoms with Gasteiger partial charge in [0.1, 0.15) is 5.76 Å². The van der Waals surface area contributed by atoms with Crippen molar-refractivity contribution in [2.45, 2.75) is 13.1 Å². The lowest BCUT2D eigenvalue weighted by molar-refractivity contribution is -0.144. The number of hydrogen-bond donors (Lipinski definition) is 1. The third-order valence-corrected chi connectivity index (χ3v) is 1.97. The third kappa shape index (κ3) is 1.79. The van der Waals surface area contributed by atoms with Crippen molar-refractivity contribution in [2.75, 3.05) is 0 Å². The van der Waals surface area contributed by atoms with Crippen LogP contribution in [0, 0.1) is 0 Å². The normalized spacial score (nSPS) is 14.1. The van der Waals surface area contributed by atoms with Crippen molar-refractivity contribution in [1.29, 1.82) is 0 Å². The van der Waals surface area contributed by atoms with Crippen molar-refractivity contribution in [3.63, 3.8) is 0 Å². The van der Waals surface area contributed by atoms with E-state index in [1.54, 1.807) is 0 Å². The topological polar surface area (TPSA) is 80.4 Å². The van der Waals surface area contributed by atoms with E-state index in [0.29, 0.717) is 4.52 Å². The van der Waals surface area contributed by atoms with Crippen molar-refractivity contribution in [1.82, 2.24) is 19.6 Å². The predicted molar refractivity (Wildman–Crippen MR) is 49.0 cm³/mol. The highest BCUT2D eigenvalue weighted by atomic mass is 19.4. The van der Waals surface area contributed by atoms with Gasteiger partial charge in [-0.1, -0.05) is 0 Å². The summed E-state index contributed by atoms with van der Waals surface area (Å²) in [5.74, 6) is -2.27. The molecule has 9 heteroatoms. The largest absolute Gasteiger partial charge is 0.512 e. The molecule has 0 bridgehead atoms. The average Bonchev–Trinajstić information content (AvgIpc) is 2.61. The average molecular weight is 246 g/mol. The summed E-state index contributed by atoms with van der Waals surface area (Å²) in [6.07, 6.45) is -3.81. The number of aliphatic hydroxyl groups is 1. The molecular formula is C8H5F3N4O2. The van der Waals surface area contributed by atoms with Gasteiger partial charge in [0.05, 0.1) is 5.22 Å². The lowest BCUT2D eigenvalue weighted by Gasteiger charge is -1.96. The minimum absolute atomic E-state index is 0.226. The molecule has 0 aliphatic carbocycles. The van der Waals surface area contributed by atoms with Crippen LogP contribution in [-0.2, 0) is 6.18 Å². The van der Waals surface area contributed by atoms with Crippen molar-refractivity contribution in [2.24, 2.45) is 0 Å². The summed E-state index contributed by atoms with van der Waals surface area (Å²) in [4.78, 5) is 18.2. The quantitative estimate of drug-likeness (QED) is 0.702. The van der Waals surface area contributed by atoms with Crippen LogP contribution in [0.15, 0.2) is 11.0 Å². The molecule has 2 rings (SSSR count). The number of hydrogen-bond acceptors (Lipinski definition) is 5. The highest BCUT2D eigenvalue weighted by Crippen LogP contribution is 2.25. The monoisotopic (exact) mass is 246 g/mol. The fraction of sp³-hybridized carbons (Fsp3) is 0.250. The van der Waals surface area contributed by atoms with Gasteiger partial charge < -0.3 is 5.11 Å². The predicted octanol–water partition coefficient (Wildman–Crippen LogP) is -0.0917. The molecule has 0 aromatic carbocycles. The molecule has 0 aliphatic rings. The van der Waals surface area contributed by atoms with Gasteiger partial charge in [-0.25, -0.2) is 4.98 Å². The second-order valence-corrected chi connectivity index (χ2v) is 3.21. The molecule has 0 radical (unpaired) electrons. The van der Waals surface area contributed by atoms with Crippen molar-refractivity contribution < 1.29 is 18.3 Å². The van der Waals surface area contributed by atoms with E-state index in [1.807, 2.05) is 0 Å². The first-order valence-corrected chi connectivity index (χ1v) is 4.33. The summed E-state index contributed by atoms with van der Waals surface area (Å²) in [6.45, 7) is 1.21. The molecule has 0 spiro atoms. The minimum atomic E-state index is -4.75. The Balaban J connectivity index is 2.86. The number of rotatable bonds is 0. The minimum Gasteiger partial charge on any atom is -0.512 e. The first-order chi connectivity index (χ1) is 7.80. The Morgan fingerprint density at radius 2 is 2.12 bits per heavy atom. The molecule has 0 saturated heterocycles. The molecule has 2 aromatic rings. The van der Waals surface area contributed by atoms with E-state index in [1.165, 1.54) is 6.92 Å². The van der Waals surface area contributed by atoms with Gasteiger partial charge in [0.2, 0.25) is 0 Å². The summed E-state index contributed by atoms with van der Waals surface area (Å²) in [7, 11) is 0. The Kier molecular flexibility index (Phi) is 2.26. The Morgan fingerprint density at radius 3 is 2.65 bits per heavy atom. The van der Waals surface area contributed by atoms with Crippen LogP contribution in [0.3, 0.4) is 0 Å². The van der Waals surface area contributed by atoms with E-state index < -0.39 is 23.3 Å². The van der Waals surface area contributed by atoms with E-state index in [-0.39, 0.29) is 11.0 Å². The number of alkyl halides is 3. The van der Waals surface area contributed by atoms with Crippen LogP contribution in [0.4, 0.5) is 13.2 Å². The number of fused-ring (bicyclic) bond motifs is 1. The first-order valence-electron chi connectivity index (χ1n) is 4.33. The standard InChI is InChI=1S/C8H5F3N4O2/c1-3(16)4-2-12-7-13-6(8(9,10)11)14-15(7)5(4)17/h2,16H,1H3/b4-3+. The van der Waals surface area contributed by atoms with Gasteiger partial charge in [-0.05, 0) is 6.92 Å². The van der Waals surface area contributed by atoms with Crippen molar-refractivity contribution >= 4 is 11.5 Å². The highest BCUT2D eigenvalue weighted by molar-refractivity contribution is 5.33. The van der Waals surface area contributed by atoms with Gasteiger partial charge in [0.25, 0.3) is 17.2 Å². The zero-order chi connectivity index (χ0) is 12.8. The SMILES string of the molecule is C/C(O)=c1/cnc2nc(C(F)(F)F)nn2c1=O. The van der Waals surface area contributed by atoms with Crippen molar-refractivity contribution in [3.8, 4) is 0 Å². The van der Waals surface area contributed by atoms with Crippen LogP contribution >= 0.6 is 0 Å². The molecule has 2 heterocycles.